The van der Waals surface area contributed by atoms with Crippen LogP contribution >= 0.6 is 0 Å². The van der Waals surface area contributed by atoms with Gasteiger partial charge in [0, 0.05) is 50.6 Å². The Morgan fingerprint density at radius 2 is 0.868 bits per heavy atom. The van der Waals surface area contributed by atoms with Crippen LogP contribution < -0.4 is 0 Å². The van der Waals surface area contributed by atoms with Gasteiger partial charge in [-0.25, -0.2) is 0 Å². The van der Waals surface area contributed by atoms with Gasteiger partial charge in [-0.2, -0.15) is 18.4 Å². The van der Waals surface area contributed by atoms with E-state index in [0.29, 0.717) is 11.4 Å². The molecule has 322 valence electrons. The van der Waals surface area contributed by atoms with Gasteiger partial charge in [0.25, 0.3) is 0 Å². The molecule has 5 nitrogen and oxygen atoms in total. The molecule has 0 aliphatic carbocycles. The Morgan fingerprint density at radius 1 is 0.397 bits per heavy atom. The molecule has 12 rings (SSSR count). The number of pyridine rings is 2. The van der Waals surface area contributed by atoms with Crippen molar-refractivity contribution in [2.24, 2.45) is 0 Å². The summed E-state index contributed by atoms with van der Waals surface area (Å²) in [6.45, 7) is 0. The standard InChI is InChI=1S/C60H36F3N5/c61-60(62,63)51-20-10-7-17-44(51)47-25-28-58(67-54-21-11-8-18-45(54)48-33-40(23-26-56(48)67)42-29-31-65-52(35-42)38-13-3-1-4-14-38)50(37-64)59(47)68-55-22-12-9-19-46(55)49-34-41(24-27-57(49)68)43-30-32-66-53(36-43)39-15-5-2-6-16-39/h1-36H. The summed E-state index contributed by atoms with van der Waals surface area (Å²) in [6, 6.07) is 68.2. The van der Waals surface area contributed by atoms with Crippen LogP contribution in [-0.2, 0) is 6.18 Å². The molecule has 0 unspecified atom stereocenters. The second-order valence-corrected chi connectivity index (χ2v) is 16.8. The van der Waals surface area contributed by atoms with Crippen LogP contribution in [0.3, 0.4) is 0 Å². The lowest BCUT2D eigenvalue weighted by Gasteiger charge is -2.22. The summed E-state index contributed by atoms with van der Waals surface area (Å²) < 4.78 is 49.3. The van der Waals surface area contributed by atoms with Gasteiger partial charge in [0.05, 0.1) is 50.4 Å². The Morgan fingerprint density at radius 3 is 1.43 bits per heavy atom. The Labute approximate surface area is 388 Å². The highest BCUT2D eigenvalue weighted by atomic mass is 19.4. The van der Waals surface area contributed by atoms with E-state index in [2.05, 4.69) is 63.1 Å². The van der Waals surface area contributed by atoms with Crippen molar-refractivity contribution in [3.63, 3.8) is 0 Å². The summed E-state index contributed by atoms with van der Waals surface area (Å²) in [5.74, 6) is 0. The van der Waals surface area contributed by atoms with E-state index in [1.807, 2.05) is 138 Å². The molecular weight excluding hydrogens is 848 g/mol. The van der Waals surface area contributed by atoms with E-state index in [-0.39, 0.29) is 16.7 Å². The van der Waals surface area contributed by atoms with Gasteiger partial charge in [-0.05, 0) is 101 Å². The summed E-state index contributed by atoms with van der Waals surface area (Å²) in [5, 5.41) is 15.3. The van der Waals surface area contributed by atoms with Crippen LogP contribution in [0.5, 0.6) is 0 Å². The van der Waals surface area contributed by atoms with Crippen molar-refractivity contribution < 1.29 is 13.2 Å². The molecule has 0 radical (unpaired) electrons. The molecule has 0 aliphatic rings. The van der Waals surface area contributed by atoms with Gasteiger partial charge in [0.1, 0.15) is 11.6 Å². The van der Waals surface area contributed by atoms with Crippen LogP contribution in [0.25, 0.3) is 111 Å². The van der Waals surface area contributed by atoms with E-state index < -0.39 is 11.7 Å². The summed E-state index contributed by atoms with van der Waals surface area (Å²) >= 11 is 0. The number of halogens is 3. The highest BCUT2D eigenvalue weighted by molar-refractivity contribution is 6.13. The second-order valence-electron chi connectivity index (χ2n) is 16.8. The fourth-order valence-electron chi connectivity index (χ4n) is 9.85. The maximum Gasteiger partial charge on any atom is 0.417 e. The van der Waals surface area contributed by atoms with Gasteiger partial charge >= 0.3 is 6.18 Å². The van der Waals surface area contributed by atoms with Crippen LogP contribution in [0.15, 0.2) is 219 Å². The monoisotopic (exact) mass is 883 g/mol. The highest BCUT2D eigenvalue weighted by Crippen LogP contribution is 2.46. The van der Waals surface area contributed by atoms with Crippen molar-refractivity contribution in [1.82, 2.24) is 19.1 Å². The number of nitrogens with zero attached hydrogens (tertiary/aromatic N) is 5. The third kappa shape index (κ3) is 6.71. The molecule has 4 aromatic heterocycles. The Hall–Kier alpha value is -9.06. The predicted octanol–water partition coefficient (Wildman–Crippen LogP) is 15.9. The number of fused-ring (bicyclic) bond motifs is 6. The van der Waals surface area contributed by atoms with Crippen molar-refractivity contribution >= 4 is 43.6 Å². The lowest BCUT2D eigenvalue weighted by Crippen LogP contribution is -2.10. The SMILES string of the molecule is N#Cc1c(-n2c3ccccc3c3cc(-c4ccnc(-c5ccccc5)c4)ccc32)ccc(-c2ccccc2C(F)(F)F)c1-n1c2ccccc2c2cc(-c3ccnc(-c4ccccc4)c3)ccc21. The number of hydrogen-bond acceptors (Lipinski definition) is 3. The van der Waals surface area contributed by atoms with Gasteiger partial charge in [-0.1, -0.05) is 133 Å². The van der Waals surface area contributed by atoms with E-state index in [0.717, 1.165) is 94.4 Å². The largest absolute Gasteiger partial charge is 0.417 e. The smallest absolute Gasteiger partial charge is 0.308 e. The number of alkyl halides is 3. The molecule has 8 aromatic carbocycles. The molecule has 12 aromatic rings. The number of rotatable bonds is 7. The van der Waals surface area contributed by atoms with Crippen molar-refractivity contribution in [3.8, 4) is 73.3 Å². The molecule has 8 heteroatoms. The summed E-state index contributed by atoms with van der Waals surface area (Å²) in [7, 11) is 0. The molecule has 68 heavy (non-hydrogen) atoms. The van der Waals surface area contributed by atoms with Crippen LogP contribution in [0.2, 0.25) is 0 Å². The van der Waals surface area contributed by atoms with E-state index in [9.17, 15) is 5.26 Å². The third-order valence-electron chi connectivity index (χ3n) is 12.9. The van der Waals surface area contributed by atoms with E-state index >= 15 is 13.2 Å². The Bertz CT molecular complexity index is 3970. The zero-order valence-corrected chi connectivity index (χ0v) is 36.2. The third-order valence-corrected chi connectivity index (χ3v) is 12.9. The predicted molar refractivity (Wildman–Crippen MR) is 268 cm³/mol. The lowest BCUT2D eigenvalue weighted by atomic mass is 9.94. The lowest BCUT2D eigenvalue weighted by molar-refractivity contribution is -0.137. The van der Waals surface area contributed by atoms with Crippen molar-refractivity contribution in [1.29, 1.82) is 5.26 Å². The molecular formula is C60H36F3N5. The molecule has 0 fully saturated rings. The molecule has 0 atom stereocenters. The van der Waals surface area contributed by atoms with Gasteiger partial charge in [-0.3, -0.25) is 9.97 Å². The van der Waals surface area contributed by atoms with Crippen molar-refractivity contribution in [3.05, 3.63) is 230 Å². The molecule has 0 N–H and O–H groups in total. The molecule has 0 saturated heterocycles. The minimum atomic E-state index is -4.67. The van der Waals surface area contributed by atoms with Crippen LogP contribution in [0.4, 0.5) is 13.2 Å². The minimum absolute atomic E-state index is 0.0232. The average Bonchev–Trinajstić information content (AvgIpc) is 3.90. The zero-order valence-electron chi connectivity index (χ0n) is 36.2. The van der Waals surface area contributed by atoms with Gasteiger partial charge in [0.15, 0.2) is 0 Å². The van der Waals surface area contributed by atoms with Gasteiger partial charge in [-0.15, -0.1) is 0 Å². The summed E-state index contributed by atoms with van der Waals surface area (Å²) in [4.78, 5) is 9.31. The fourth-order valence-corrected chi connectivity index (χ4v) is 9.85. The fraction of sp³-hybridized carbons (Fsp3) is 0.0167. The summed E-state index contributed by atoms with van der Waals surface area (Å²) in [6.07, 6.45) is -1.04. The first-order chi connectivity index (χ1) is 33.3. The van der Waals surface area contributed by atoms with E-state index in [1.165, 1.54) is 12.1 Å². The minimum Gasteiger partial charge on any atom is -0.308 e. The molecule has 0 bridgehead atoms. The van der Waals surface area contributed by atoms with Gasteiger partial charge < -0.3 is 9.13 Å². The molecule has 0 amide bonds. The molecule has 4 heterocycles. The van der Waals surface area contributed by atoms with Crippen LogP contribution in [0, 0.1) is 11.3 Å². The van der Waals surface area contributed by atoms with E-state index in [4.69, 9.17) is 0 Å². The quantitative estimate of drug-likeness (QED) is 0.160. The maximum absolute atomic E-state index is 15.1. The first-order valence-corrected chi connectivity index (χ1v) is 22.2. The Balaban J connectivity index is 1.11. The van der Waals surface area contributed by atoms with Crippen LogP contribution in [-0.4, -0.2) is 19.1 Å². The number of benzene rings is 8. The van der Waals surface area contributed by atoms with Crippen LogP contribution in [0.1, 0.15) is 11.1 Å². The maximum atomic E-state index is 15.1. The topological polar surface area (TPSA) is 59.4 Å². The van der Waals surface area contributed by atoms with Gasteiger partial charge in [0.2, 0.25) is 0 Å². The van der Waals surface area contributed by atoms with E-state index in [1.54, 1.807) is 24.4 Å². The molecule has 0 aliphatic heterocycles. The number of nitriles is 1. The van der Waals surface area contributed by atoms with Crippen molar-refractivity contribution in [2.75, 3.05) is 0 Å². The first kappa shape index (κ1) is 40.4. The highest BCUT2D eigenvalue weighted by Gasteiger charge is 2.35. The molecule has 0 spiro atoms. The average molecular weight is 884 g/mol. The second kappa shape index (κ2) is 16.1. The Kier molecular flexibility index (Phi) is 9.59. The number of hydrogen-bond donors (Lipinski definition) is 0. The molecule has 0 saturated carbocycles. The number of aromatic nitrogens is 4. The normalized spacial score (nSPS) is 11.7. The summed E-state index contributed by atoms with van der Waals surface area (Å²) in [5.41, 5.74) is 11.4. The van der Waals surface area contributed by atoms with Crippen molar-refractivity contribution in [2.45, 2.75) is 6.18 Å². The number of para-hydroxylation sites is 2. The zero-order chi connectivity index (χ0) is 45.9. The first-order valence-electron chi connectivity index (χ1n) is 22.2.